The zero-order chi connectivity index (χ0) is 7.56. The molecule has 0 aromatic carbocycles. The Hall–Kier alpha value is -0.900. The highest BCUT2D eigenvalue weighted by Crippen LogP contribution is 2.07. The first kappa shape index (κ1) is 7.21. The van der Waals surface area contributed by atoms with Crippen molar-refractivity contribution < 1.29 is 4.74 Å². The fraction of sp³-hybridized carbons (Fsp3) is 0.333. The van der Waals surface area contributed by atoms with Gasteiger partial charge in [-0.2, -0.15) is 0 Å². The summed E-state index contributed by atoms with van der Waals surface area (Å²) in [6, 6.07) is 0. The van der Waals surface area contributed by atoms with Crippen LogP contribution in [0.2, 0.25) is 0 Å². The van der Waals surface area contributed by atoms with E-state index in [0.29, 0.717) is 5.69 Å². The fourth-order valence-electron chi connectivity index (χ4n) is 0.572. The highest BCUT2D eigenvalue weighted by molar-refractivity contribution is 7.09. The van der Waals surface area contributed by atoms with Crippen LogP contribution in [0.5, 0.6) is 0 Å². The number of methoxy groups -OCH3 is 1. The Kier molecular flexibility index (Phi) is 2.01. The summed E-state index contributed by atoms with van der Waals surface area (Å²) >= 11 is 1.52. The topological polar surface area (TPSA) is 46.0 Å². The van der Waals surface area contributed by atoms with Crippen LogP contribution in [-0.2, 0) is 4.74 Å². The van der Waals surface area contributed by atoms with Crippen molar-refractivity contribution >= 4 is 17.2 Å². The highest BCUT2D eigenvalue weighted by Gasteiger charge is 2.03. The lowest BCUT2D eigenvalue weighted by molar-refractivity contribution is 0.400. The van der Waals surface area contributed by atoms with Crippen LogP contribution in [0, 0.1) is 12.3 Å². The Morgan fingerprint density at radius 1 is 1.80 bits per heavy atom. The minimum atomic E-state index is 0.129. The number of aryl methyl sites for hydroxylation is 1. The van der Waals surface area contributed by atoms with Crippen molar-refractivity contribution in [1.29, 1.82) is 5.41 Å². The number of hydrogen-bond donors (Lipinski definition) is 1. The summed E-state index contributed by atoms with van der Waals surface area (Å²) < 4.78 is 4.68. The first-order valence-electron chi connectivity index (χ1n) is 2.79. The van der Waals surface area contributed by atoms with E-state index in [9.17, 15) is 0 Å². The van der Waals surface area contributed by atoms with Gasteiger partial charge in [0.05, 0.1) is 12.1 Å². The summed E-state index contributed by atoms with van der Waals surface area (Å²) in [5.74, 6) is 0.129. The lowest BCUT2D eigenvalue weighted by atomic mass is 10.5. The zero-order valence-electron chi connectivity index (χ0n) is 5.84. The molecule has 1 N–H and O–H groups in total. The largest absolute Gasteiger partial charge is 0.480 e. The van der Waals surface area contributed by atoms with Gasteiger partial charge in [0.1, 0.15) is 5.69 Å². The first-order chi connectivity index (χ1) is 4.74. The lowest BCUT2D eigenvalue weighted by Gasteiger charge is -1.94. The molecule has 1 aromatic heterocycles. The molecule has 0 saturated carbocycles. The second kappa shape index (κ2) is 2.79. The molecule has 0 aliphatic heterocycles. The minimum Gasteiger partial charge on any atom is -0.480 e. The molecule has 0 saturated heterocycles. The summed E-state index contributed by atoms with van der Waals surface area (Å²) in [7, 11) is 1.47. The number of thiazole rings is 1. The van der Waals surface area contributed by atoms with Crippen LogP contribution in [0.25, 0.3) is 0 Å². The molecule has 0 aliphatic rings. The van der Waals surface area contributed by atoms with Crippen molar-refractivity contribution in [2.45, 2.75) is 6.92 Å². The van der Waals surface area contributed by atoms with Crippen molar-refractivity contribution in [3.63, 3.8) is 0 Å². The van der Waals surface area contributed by atoms with Crippen molar-refractivity contribution in [3.8, 4) is 0 Å². The van der Waals surface area contributed by atoms with Gasteiger partial charge in [-0.15, -0.1) is 11.3 Å². The van der Waals surface area contributed by atoms with Crippen LogP contribution in [0.1, 0.15) is 10.7 Å². The van der Waals surface area contributed by atoms with E-state index in [2.05, 4.69) is 9.72 Å². The van der Waals surface area contributed by atoms with Crippen molar-refractivity contribution in [2.75, 3.05) is 7.11 Å². The number of hydrogen-bond acceptors (Lipinski definition) is 4. The molecule has 0 spiro atoms. The molecule has 3 nitrogen and oxygen atoms in total. The van der Waals surface area contributed by atoms with E-state index in [4.69, 9.17) is 5.41 Å². The maximum atomic E-state index is 7.21. The Morgan fingerprint density at radius 2 is 2.50 bits per heavy atom. The number of rotatable bonds is 1. The van der Waals surface area contributed by atoms with Gasteiger partial charge >= 0.3 is 0 Å². The second-order valence-electron chi connectivity index (χ2n) is 1.79. The predicted octanol–water partition coefficient (Wildman–Crippen LogP) is 1.42. The van der Waals surface area contributed by atoms with Crippen LogP contribution in [-0.4, -0.2) is 18.0 Å². The maximum absolute atomic E-state index is 7.21. The van der Waals surface area contributed by atoms with Crippen LogP contribution in [0.3, 0.4) is 0 Å². The molecule has 0 aliphatic carbocycles. The highest BCUT2D eigenvalue weighted by atomic mass is 32.1. The van der Waals surface area contributed by atoms with E-state index in [1.807, 2.05) is 6.92 Å². The smallest absolute Gasteiger partial charge is 0.233 e. The molecule has 0 unspecified atom stereocenters. The number of nitrogens with zero attached hydrogens (tertiary/aromatic N) is 1. The summed E-state index contributed by atoms with van der Waals surface area (Å²) in [6.07, 6.45) is 0. The molecule has 0 amide bonds. The lowest BCUT2D eigenvalue weighted by Crippen LogP contribution is -2.00. The molecule has 0 fully saturated rings. The van der Waals surface area contributed by atoms with Gasteiger partial charge in [-0.25, -0.2) is 4.98 Å². The summed E-state index contributed by atoms with van der Waals surface area (Å²) in [5, 5.41) is 9.98. The third-order valence-electron chi connectivity index (χ3n) is 1.06. The molecule has 54 valence electrons. The quantitative estimate of drug-likeness (QED) is 0.493. The van der Waals surface area contributed by atoms with E-state index < -0.39 is 0 Å². The molecule has 0 atom stereocenters. The summed E-state index contributed by atoms with van der Waals surface area (Å²) in [5.41, 5.74) is 0.616. The van der Waals surface area contributed by atoms with Crippen LogP contribution in [0.15, 0.2) is 5.38 Å². The van der Waals surface area contributed by atoms with Crippen LogP contribution < -0.4 is 0 Å². The standard InChI is InChI=1S/C6H8N2OS/c1-4-8-5(3-10-4)6(7)9-2/h3,7H,1-2H3. The molecule has 1 aromatic rings. The first-order valence-corrected chi connectivity index (χ1v) is 3.67. The Labute approximate surface area is 63.2 Å². The monoisotopic (exact) mass is 156 g/mol. The van der Waals surface area contributed by atoms with Gasteiger partial charge in [0.15, 0.2) is 0 Å². The Morgan fingerprint density at radius 3 is 2.90 bits per heavy atom. The van der Waals surface area contributed by atoms with Gasteiger partial charge in [-0.3, -0.25) is 5.41 Å². The molecular weight excluding hydrogens is 148 g/mol. The van der Waals surface area contributed by atoms with Gasteiger partial charge in [0, 0.05) is 5.38 Å². The normalized spacial score (nSPS) is 9.40. The van der Waals surface area contributed by atoms with Gasteiger partial charge < -0.3 is 4.74 Å². The fourth-order valence-corrected chi connectivity index (χ4v) is 1.17. The number of nitrogens with one attached hydrogen (secondary N) is 1. The average Bonchev–Trinajstić information content (AvgIpc) is 2.34. The van der Waals surface area contributed by atoms with Crippen molar-refractivity contribution in [1.82, 2.24) is 4.98 Å². The molecular formula is C6H8N2OS. The molecule has 1 heterocycles. The Balaban J connectivity index is 2.85. The van der Waals surface area contributed by atoms with E-state index in [1.54, 1.807) is 5.38 Å². The zero-order valence-corrected chi connectivity index (χ0v) is 6.66. The maximum Gasteiger partial charge on any atom is 0.233 e. The van der Waals surface area contributed by atoms with Crippen LogP contribution in [0.4, 0.5) is 0 Å². The van der Waals surface area contributed by atoms with E-state index in [0.717, 1.165) is 5.01 Å². The minimum absolute atomic E-state index is 0.129. The summed E-state index contributed by atoms with van der Waals surface area (Å²) in [4.78, 5) is 4.05. The van der Waals surface area contributed by atoms with Crippen molar-refractivity contribution in [3.05, 3.63) is 16.1 Å². The number of aromatic nitrogens is 1. The third-order valence-corrected chi connectivity index (χ3v) is 1.83. The van der Waals surface area contributed by atoms with E-state index in [-0.39, 0.29) is 5.90 Å². The molecule has 10 heavy (non-hydrogen) atoms. The van der Waals surface area contributed by atoms with Gasteiger partial charge in [-0.05, 0) is 6.92 Å². The molecule has 0 radical (unpaired) electrons. The molecule has 4 heteroatoms. The Bertz CT molecular complexity index is 244. The van der Waals surface area contributed by atoms with E-state index >= 15 is 0 Å². The van der Waals surface area contributed by atoms with Gasteiger partial charge in [0.25, 0.3) is 0 Å². The molecule has 1 rings (SSSR count). The SMILES string of the molecule is COC(=N)c1csc(C)n1. The summed E-state index contributed by atoms with van der Waals surface area (Å²) in [6.45, 7) is 1.90. The van der Waals surface area contributed by atoms with Gasteiger partial charge in [-0.1, -0.05) is 0 Å². The van der Waals surface area contributed by atoms with E-state index in [1.165, 1.54) is 18.4 Å². The molecule has 0 bridgehead atoms. The van der Waals surface area contributed by atoms with Crippen LogP contribution >= 0.6 is 11.3 Å². The number of ether oxygens (including phenoxy) is 1. The predicted molar refractivity (Wildman–Crippen MR) is 40.7 cm³/mol. The van der Waals surface area contributed by atoms with Crippen molar-refractivity contribution in [2.24, 2.45) is 0 Å². The average molecular weight is 156 g/mol. The third kappa shape index (κ3) is 1.33. The van der Waals surface area contributed by atoms with Gasteiger partial charge in [0.2, 0.25) is 5.90 Å². The second-order valence-corrected chi connectivity index (χ2v) is 2.85.